The maximum absolute atomic E-state index is 12.6. The van der Waals surface area contributed by atoms with Crippen molar-refractivity contribution in [2.75, 3.05) is 36.8 Å². The van der Waals surface area contributed by atoms with Crippen molar-refractivity contribution in [1.82, 2.24) is 24.6 Å². The normalized spacial score (nSPS) is 14.8. The highest BCUT2D eigenvalue weighted by molar-refractivity contribution is 5.94. The number of carbonyl (C=O) groups excluding carboxylic acids is 1. The minimum absolute atomic E-state index is 0.0432. The van der Waals surface area contributed by atoms with Crippen molar-refractivity contribution in [3.8, 4) is 5.75 Å². The molecule has 0 bridgehead atoms. The van der Waals surface area contributed by atoms with Gasteiger partial charge in [-0.3, -0.25) is 9.48 Å². The summed E-state index contributed by atoms with van der Waals surface area (Å²) in [6.45, 7) is 2.44. The monoisotopic (exact) mass is 353 g/mol. The Balaban J connectivity index is 1.52. The predicted molar refractivity (Wildman–Crippen MR) is 96.9 cm³/mol. The molecule has 1 aliphatic heterocycles. The fourth-order valence-corrected chi connectivity index (χ4v) is 3.17. The molecule has 134 valence electrons. The Labute approximate surface area is 149 Å². The second-order valence-corrected chi connectivity index (χ2v) is 6.24. The Morgan fingerprint density at radius 2 is 1.81 bits per heavy atom. The van der Waals surface area contributed by atoms with Crippen LogP contribution in [0.5, 0.6) is 5.75 Å². The molecule has 1 aromatic carbocycles. The van der Waals surface area contributed by atoms with E-state index in [1.807, 2.05) is 7.05 Å². The predicted octanol–water partition coefficient (Wildman–Crippen LogP) is 0.613. The average Bonchev–Trinajstić information content (AvgIpc) is 3.02. The number of rotatable bonds is 2. The summed E-state index contributed by atoms with van der Waals surface area (Å²) in [5, 5.41) is 14.4. The van der Waals surface area contributed by atoms with Gasteiger partial charge in [0.2, 0.25) is 5.95 Å². The van der Waals surface area contributed by atoms with Crippen LogP contribution >= 0.6 is 0 Å². The number of aryl methyl sites for hydroxylation is 1. The fourth-order valence-electron chi connectivity index (χ4n) is 3.17. The molecule has 0 spiro atoms. The molecule has 1 saturated heterocycles. The molecule has 3 aromatic rings. The molecule has 1 fully saturated rings. The van der Waals surface area contributed by atoms with Gasteiger partial charge in [0.25, 0.3) is 5.91 Å². The van der Waals surface area contributed by atoms with Crippen LogP contribution < -0.4 is 10.6 Å². The van der Waals surface area contributed by atoms with E-state index in [2.05, 4.69) is 20.0 Å². The third-order valence-electron chi connectivity index (χ3n) is 4.57. The number of carbonyl (C=O) groups is 1. The van der Waals surface area contributed by atoms with E-state index in [0.29, 0.717) is 37.4 Å². The van der Waals surface area contributed by atoms with Crippen molar-refractivity contribution in [1.29, 1.82) is 0 Å². The molecule has 0 radical (unpaired) electrons. The number of nitrogens with two attached hydrogens (primary N) is 1. The number of phenols is 1. The minimum Gasteiger partial charge on any atom is -0.508 e. The van der Waals surface area contributed by atoms with Gasteiger partial charge >= 0.3 is 0 Å². The van der Waals surface area contributed by atoms with Crippen LogP contribution in [0.2, 0.25) is 0 Å². The van der Waals surface area contributed by atoms with E-state index in [4.69, 9.17) is 5.73 Å². The van der Waals surface area contributed by atoms with E-state index < -0.39 is 0 Å². The average molecular weight is 353 g/mol. The molecular weight excluding hydrogens is 334 g/mol. The van der Waals surface area contributed by atoms with E-state index in [0.717, 1.165) is 11.2 Å². The highest BCUT2D eigenvalue weighted by Crippen LogP contribution is 2.25. The van der Waals surface area contributed by atoms with Crippen LogP contribution in [0.15, 0.2) is 30.5 Å². The smallest absolute Gasteiger partial charge is 0.253 e. The van der Waals surface area contributed by atoms with Crippen LogP contribution in [-0.2, 0) is 7.05 Å². The molecular formula is C17H19N7O2. The number of anilines is 2. The maximum atomic E-state index is 12.6. The van der Waals surface area contributed by atoms with Gasteiger partial charge in [-0.2, -0.15) is 15.1 Å². The molecule has 4 rings (SSSR count). The van der Waals surface area contributed by atoms with Crippen LogP contribution in [0.4, 0.5) is 11.8 Å². The van der Waals surface area contributed by atoms with Crippen molar-refractivity contribution in [3.05, 3.63) is 36.0 Å². The fraction of sp³-hybridized carbons (Fsp3) is 0.294. The first-order valence-corrected chi connectivity index (χ1v) is 8.31. The summed E-state index contributed by atoms with van der Waals surface area (Å²) >= 11 is 0. The summed E-state index contributed by atoms with van der Waals surface area (Å²) in [6.07, 6.45) is 1.73. The van der Waals surface area contributed by atoms with Crippen molar-refractivity contribution in [2.45, 2.75) is 0 Å². The summed E-state index contributed by atoms with van der Waals surface area (Å²) < 4.78 is 1.67. The van der Waals surface area contributed by atoms with E-state index in [-0.39, 0.29) is 17.6 Å². The molecule has 0 aliphatic carbocycles. The van der Waals surface area contributed by atoms with Gasteiger partial charge in [0.05, 0.1) is 11.6 Å². The number of fused-ring (bicyclic) bond motifs is 1. The lowest BCUT2D eigenvalue weighted by Crippen LogP contribution is -2.49. The maximum Gasteiger partial charge on any atom is 0.253 e. The largest absolute Gasteiger partial charge is 0.508 e. The van der Waals surface area contributed by atoms with Gasteiger partial charge in [-0.25, -0.2) is 0 Å². The van der Waals surface area contributed by atoms with Gasteiger partial charge in [0.1, 0.15) is 11.6 Å². The molecule has 3 heterocycles. The number of phenolic OH excluding ortho intramolecular Hbond substituents is 1. The van der Waals surface area contributed by atoms with Crippen LogP contribution in [0.3, 0.4) is 0 Å². The molecule has 9 heteroatoms. The summed E-state index contributed by atoms with van der Waals surface area (Å²) in [6, 6.07) is 6.31. The standard InChI is InChI=1S/C17H19N7O2/c1-22-14-13(10-19-22)15(21-17(18)20-14)23-6-8-24(9-7-23)16(26)11-2-4-12(25)5-3-11/h2-5,10,25H,6-9H2,1H3,(H2,18,20,21). The number of aromatic nitrogens is 4. The third kappa shape index (κ3) is 2.77. The van der Waals surface area contributed by atoms with Gasteiger partial charge in [-0.15, -0.1) is 0 Å². The van der Waals surface area contributed by atoms with Crippen LogP contribution in [-0.4, -0.2) is 61.8 Å². The molecule has 0 saturated carbocycles. The van der Waals surface area contributed by atoms with Crippen LogP contribution in [0.1, 0.15) is 10.4 Å². The molecule has 1 amide bonds. The lowest BCUT2D eigenvalue weighted by Gasteiger charge is -2.35. The highest BCUT2D eigenvalue weighted by atomic mass is 16.3. The number of hydrogen-bond donors (Lipinski definition) is 2. The second-order valence-electron chi connectivity index (χ2n) is 6.24. The first kappa shape index (κ1) is 16.1. The molecule has 9 nitrogen and oxygen atoms in total. The van der Waals surface area contributed by atoms with Gasteiger partial charge in [0, 0.05) is 38.8 Å². The van der Waals surface area contributed by atoms with Crippen molar-refractivity contribution >= 4 is 28.7 Å². The Kier molecular flexibility index (Phi) is 3.83. The van der Waals surface area contributed by atoms with E-state index in [1.165, 1.54) is 12.1 Å². The van der Waals surface area contributed by atoms with E-state index in [9.17, 15) is 9.90 Å². The Morgan fingerprint density at radius 3 is 2.50 bits per heavy atom. The molecule has 2 aromatic heterocycles. The number of nitrogen functional groups attached to an aromatic ring is 1. The summed E-state index contributed by atoms with van der Waals surface area (Å²) in [4.78, 5) is 25.1. The first-order chi connectivity index (χ1) is 12.5. The van der Waals surface area contributed by atoms with Crippen LogP contribution in [0, 0.1) is 0 Å². The number of nitrogens with zero attached hydrogens (tertiary/aromatic N) is 6. The van der Waals surface area contributed by atoms with Crippen LogP contribution in [0.25, 0.3) is 11.0 Å². The molecule has 26 heavy (non-hydrogen) atoms. The molecule has 1 aliphatic rings. The SMILES string of the molecule is Cn1ncc2c(N3CCN(C(=O)c4ccc(O)cc4)CC3)nc(N)nc21. The van der Waals surface area contributed by atoms with E-state index >= 15 is 0 Å². The number of benzene rings is 1. The van der Waals surface area contributed by atoms with Crippen molar-refractivity contribution in [2.24, 2.45) is 7.05 Å². The third-order valence-corrected chi connectivity index (χ3v) is 4.57. The summed E-state index contributed by atoms with van der Waals surface area (Å²) in [7, 11) is 1.81. The number of piperazine rings is 1. The summed E-state index contributed by atoms with van der Waals surface area (Å²) in [5.41, 5.74) is 7.10. The Hall–Kier alpha value is -3.36. The summed E-state index contributed by atoms with van der Waals surface area (Å²) in [5.74, 6) is 1.06. The minimum atomic E-state index is -0.0432. The Morgan fingerprint density at radius 1 is 1.12 bits per heavy atom. The first-order valence-electron chi connectivity index (χ1n) is 8.31. The van der Waals surface area contributed by atoms with Gasteiger partial charge in [0.15, 0.2) is 5.65 Å². The topological polar surface area (TPSA) is 113 Å². The zero-order valence-electron chi connectivity index (χ0n) is 14.3. The van der Waals surface area contributed by atoms with Gasteiger partial charge in [-0.05, 0) is 24.3 Å². The van der Waals surface area contributed by atoms with Crippen molar-refractivity contribution < 1.29 is 9.90 Å². The quantitative estimate of drug-likeness (QED) is 0.694. The zero-order chi connectivity index (χ0) is 18.3. The molecule has 3 N–H and O–H groups in total. The zero-order valence-corrected chi connectivity index (χ0v) is 14.3. The van der Waals surface area contributed by atoms with Gasteiger partial charge < -0.3 is 20.6 Å². The van der Waals surface area contributed by atoms with E-state index in [1.54, 1.807) is 27.9 Å². The van der Waals surface area contributed by atoms with Crippen molar-refractivity contribution in [3.63, 3.8) is 0 Å². The number of amides is 1. The lowest BCUT2D eigenvalue weighted by molar-refractivity contribution is 0.0746. The lowest BCUT2D eigenvalue weighted by atomic mass is 10.1. The number of hydrogen-bond acceptors (Lipinski definition) is 7. The second kappa shape index (κ2) is 6.17. The molecule has 0 atom stereocenters. The molecule has 0 unspecified atom stereocenters. The number of aromatic hydroxyl groups is 1. The highest BCUT2D eigenvalue weighted by Gasteiger charge is 2.25. The Bertz CT molecular complexity index is 959. The van der Waals surface area contributed by atoms with Gasteiger partial charge in [-0.1, -0.05) is 0 Å².